The number of phenolic OH excluding ortho intramolecular Hbond substituents is 1. The molecular weight excluding hydrogens is 430 g/mol. The number of halogens is 1. The number of hydrogen-bond acceptors (Lipinski definition) is 5. The molecule has 0 radical (unpaired) electrons. The van der Waals surface area contributed by atoms with Crippen LogP contribution >= 0.6 is 11.6 Å². The molecule has 2 aliphatic heterocycles. The van der Waals surface area contributed by atoms with Crippen molar-refractivity contribution < 1.29 is 23.1 Å². The molecule has 2 saturated heterocycles. The number of anilines is 3. The molecule has 4 rings (SSSR count). The van der Waals surface area contributed by atoms with Crippen LogP contribution in [0.1, 0.15) is 12.8 Å². The van der Waals surface area contributed by atoms with Gasteiger partial charge in [-0.05, 0) is 42.8 Å². The Morgan fingerprint density at radius 3 is 2.67 bits per heavy atom. The van der Waals surface area contributed by atoms with Crippen LogP contribution in [-0.4, -0.2) is 44.2 Å². The van der Waals surface area contributed by atoms with Gasteiger partial charge in [-0.15, -0.1) is 0 Å². The number of rotatable bonds is 4. The Labute approximate surface area is 179 Å². The third kappa shape index (κ3) is 3.95. The average molecular weight is 450 g/mol. The molecule has 8 nitrogen and oxygen atoms in total. The minimum Gasteiger partial charge on any atom is -0.506 e. The summed E-state index contributed by atoms with van der Waals surface area (Å²) in [6.45, 7) is 0.540. The van der Waals surface area contributed by atoms with E-state index in [1.54, 1.807) is 24.3 Å². The highest BCUT2D eigenvalue weighted by atomic mass is 35.5. The van der Waals surface area contributed by atoms with Crippen LogP contribution < -0.4 is 14.5 Å². The first-order valence-corrected chi connectivity index (χ1v) is 11.4. The maximum absolute atomic E-state index is 12.8. The SMILES string of the molecule is O=C(Nc1cc(N2CCCS2(=O)=O)ccc1O)C1CC(=O)N(c2cccc(Cl)c2)C1. The minimum atomic E-state index is -3.39. The topological polar surface area (TPSA) is 107 Å². The number of sulfonamides is 1. The van der Waals surface area contributed by atoms with Gasteiger partial charge in [-0.3, -0.25) is 13.9 Å². The molecular formula is C20H20ClN3O5S. The van der Waals surface area contributed by atoms with E-state index < -0.39 is 21.8 Å². The summed E-state index contributed by atoms with van der Waals surface area (Å²) in [6.07, 6.45) is 0.549. The molecule has 0 spiro atoms. The lowest BCUT2D eigenvalue weighted by molar-refractivity contribution is -0.122. The number of nitrogens with zero attached hydrogens (tertiary/aromatic N) is 2. The molecule has 158 valence electrons. The van der Waals surface area contributed by atoms with E-state index in [0.717, 1.165) is 0 Å². The van der Waals surface area contributed by atoms with Crippen molar-refractivity contribution in [2.45, 2.75) is 12.8 Å². The molecule has 0 bridgehead atoms. The fourth-order valence-electron chi connectivity index (χ4n) is 3.72. The van der Waals surface area contributed by atoms with Crippen molar-refractivity contribution in [3.8, 4) is 5.75 Å². The van der Waals surface area contributed by atoms with E-state index in [-0.39, 0.29) is 36.1 Å². The fourth-order valence-corrected chi connectivity index (χ4v) is 5.46. The number of phenols is 1. The van der Waals surface area contributed by atoms with Crippen LogP contribution in [0.25, 0.3) is 0 Å². The van der Waals surface area contributed by atoms with Gasteiger partial charge in [0.2, 0.25) is 21.8 Å². The lowest BCUT2D eigenvalue weighted by Crippen LogP contribution is -2.28. The molecule has 1 atom stereocenters. The average Bonchev–Trinajstić information content (AvgIpc) is 3.25. The van der Waals surface area contributed by atoms with Gasteiger partial charge in [0.25, 0.3) is 0 Å². The molecule has 10 heteroatoms. The summed E-state index contributed by atoms with van der Waals surface area (Å²) >= 11 is 5.99. The molecule has 2 aliphatic rings. The smallest absolute Gasteiger partial charge is 0.235 e. The van der Waals surface area contributed by atoms with Gasteiger partial charge >= 0.3 is 0 Å². The summed E-state index contributed by atoms with van der Waals surface area (Å²) < 4.78 is 25.6. The predicted octanol–water partition coefficient (Wildman–Crippen LogP) is 2.58. The van der Waals surface area contributed by atoms with Gasteiger partial charge in [0.05, 0.1) is 23.0 Å². The number of aromatic hydroxyl groups is 1. The Balaban J connectivity index is 1.50. The fraction of sp³-hybridized carbons (Fsp3) is 0.300. The maximum Gasteiger partial charge on any atom is 0.235 e. The molecule has 2 heterocycles. The highest BCUT2D eigenvalue weighted by molar-refractivity contribution is 7.93. The summed E-state index contributed by atoms with van der Waals surface area (Å²) in [5.74, 6) is -1.35. The van der Waals surface area contributed by atoms with Crippen LogP contribution in [0.2, 0.25) is 5.02 Å². The van der Waals surface area contributed by atoms with Gasteiger partial charge in [-0.2, -0.15) is 0 Å². The van der Waals surface area contributed by atoms with Gasteiger partial charge in [0.15, 0.2) is 0 Å². The number of benzene rings is 2. The van der Waals surface area contributed by atoms with Gasteiger partial charge < -0.3 is 15.3 Å². The summed E-state index contributed by atoms with van der Waals surface area (Å²) in [4.78, 5) is 26.7. The zero-order valence-electron chi connectivity index (χ0n) is 15.9. The molecule has 2 aromatic carbocycles. The lowest BCUT2D eigenvalue weighted by atomic mass is 10.1. The van der Waals surface area contributed by atoms with Crippen LogP contribution in [0.3, 0.4) is 0 Å². The van der Waals surface area contributed by atoms with Crippen molar-refractivity contribution in [1.82, 2.24) is 0 Å². The summed E-state index contributed by atoms with van der Waals surface area (Å²) in [5.41, 5.74) is 1.10. The molecule has 0 saturated carbocycles. The van der Waals surface area contributed by atoms with Gasteiger partial charge in [0, 0.05) is 30.2 Å². The van der Waals surface area contributed by atoms with Crippen molar-refractivity contribution in [3.05, 3.63) is 47.5 Å². The number of amides is 2. The monoisotopic (exact) mass is 449 g/mol. The predicted molar refractivity (Wildman–Crippen MR) is 114 cm³/mol. The molecule has 2 aromatic rings. The van der Waals surface area contributed by atoms with E-state index in [1.807, 2.05) is 0 Å². The highest BCUT2D eigenvalue weighted by Gasteiger charge is 2.36. The number of nitrogens with one attached hydrogen (secondary N) is 1. The normalized spacial score (nSPS) is 20.6. The minimum absolute atomic E-state index is 0.0271. The number of carbonyl (C=O) groups excluding carboxylic acids is 2. The zero-order chi connectivity index (χ0) is 21.5. The van der Waals surface area contributed by atoms with Crippen molar-refractivity contribution in [2.75, 3.05) is 33.4 Å². The van der Waals surface area contributed by atoms with Gasteiger partial charge in [-0.25, -0.2) is 8.42 Å². The van der Waals surface area contributed by atoms with Gasteiger partial charge in [0.1, 0.15) is 5.75 Å². The molecule has 1 unspecified atom stereocenters. The van der Waals surface area contributed by atoms with E-state index in [4.69, 9.17) is 11.6 Å². The second kappa shape index (κ2) is 7.81. The Morgan fingerprint density at radius 2 is 1.97 bits per heavy atom. The van der Waals surface area contributed by atoms with Crippen molar-refractivity contribution in [2.24, 2.45) is 5.92 Å². The van der Waals surface area contributed by atoms with Gasteiger partial charge in [-0.1, -0.05) is 17.7 Å². The van der Waals surface area contributed by atoms with Crippen molar-refractivity contribution in [1.29, 1.82) is 0 Å². The van der Waals surface area contributed by atoms with Crippen molar-refractivity contribution >= 4 is 50.5 Å². The highest BCUT2D eigenvalue weighted by Crippen LogP contribution is 2.33. The molecule has 0 aromatic heterocycles. The third-order valence-corrected chi connectivity index (χ3v) is 7.35. The first kappa shape index (κ1) is 20.5. The van der Waals surface area contributed by atoms with E-state index >= 15 is 0 Å². The summed E-state index contributed by atoms with van der Waals surface area (Å²) in [5, 5.41) is 13.3. The van der Waals surface area contributed by atoms with Crippen LogP contribution in [0.15, 0.2) is 42.5 Å². The van der Waals surface area contributed by atoms with Crippen molar-refractivity contribution in [3.63, 3.8) is 0 Å². The first-order valence-electron chi connectivity index (χ1n) is 9.45. The first-order chi connectivity index (χ1) is 14.2. The van der Waals surface area contributed by atoms with Crippen LogP contribution in [-0.2, 0) is 19.6 Å². The van der Waals surface area contributed by atoms with Crippen LogP contribution in [0, 0.1) is 5.92 Å². The van der Waals surface area contributed by atoms with Crippen LogP contribution in [0.4, 0.5) is 17.1 Å². The Morgan fingerprint density at radius 1 is 1.17 bits per heavy atom. The Hall–Kier alpha value is -2.78. The second-order valence-electron chi connectivity index (χ2n) is 7.32. The van der Waals surface area contributed by atoms with Crippen LogP contribution in [0.5, 0.6) is 5.75 Å². The van der Waals surface area contributed by atoms with E-state index in [0.29, 0.717) is 29.4 Å². The second-order valence-corrected chi connectivity index (χ2v) is 9.77. The Bertz CT molecular complexity index is 1120. The largest absolute Gasteiger partial charge is 0.506 e. The van der Waals surface area contributed by atoms with E-state index in [2.05, 4.69) is 5.32 Å². The number of hydrogen-bond donors (Lipinski definition) is 2. The molecule has 2 amide bonds. The number of carbonyl (C=O) groups is 2. The maximum atomic E-state index is 12.8. The lowest BCUT2D eigenvalue weighted by Gasteiger charge is -2.19. The zero-order valence-corrected chi connectivity index (χ0v) is 17.5. The molecule has 0 aliphatic carbocycles. The quantitative estimate of drug-likeness (QED) is 0.697. The third-order valence-electron chi connectivity index (χ3n) is 5.24. The summed E-state index contributed by atoms with van der Waals surface area (Å²) in [6, 6.07) is 11.1. The summed E-state index contributed by atoms with van der Waals surface area (Å²) in [7, 11) is -3.39. The molecule has 2 fully saturated rings. The molecule has 30 heavy (non-hydrogen) atoms. The van der Waals surface area contributed by atoms with E-state index in [1.165, 1.54) is 27.4 Å². The standard InChI is InChI=1S/C20H20ClN3O5S/c21-14-3-1-4-15(10-14)23-12-13(9-19(23)26)20(27)22-17-11-16(5-6-18(17)25)24-7-2-8-30(24,28)29/h1,3-6,10-11,13,25H,2,7-9,12H2,(H,22,27). The van der Waals surface area contributed by atoms with E-state index in [9.17, 15) is 23.1 Å². The molecule has 2 N–H and O–H groups in total. The Kier molecular flexibility index (Phi) is 5.33.